The summed E-state index contributed by atoms with van der Waals surface area (Å²) >= 11 is 0. The number of nitrogens with zero attached hydrogens (tertiary/aromatic N) is 1. The molecule has 1 aromatic rings. The number of hydrogen-bond donors (Lipinski definition) is 0. The van der Waals surface area contributed by atoms with Gasteiger partial charge in [-0.05, 0) is 38.3 Å². The van der Waals surface area contributed by atoms with Gasteiger partial charge >= 0.3 is 5.97 Å². The second-order valence-electron chi connectivity index (χ2n) is 5.80. The van der Waals surface area contributed by atoms with E-state index in [2.05, 4.69) is 11.9 Å². The molecular formula is C16H21NO2. The summed E-state index contributed by atoms with van der Waals surface area (Å²) in [5, 5.41) is 0. The van der Waals surface area contributed by atoms with Crippen LogP contribution in [0.15, 0.2) is 30.3 Å². The quantitative estimate of drug-likeness (QED) is 0.781. The number of piperidine rings is 1. The Morgan fingerprint density at radius 1 is 1.21 bits per heavy atom. The summed E-state index contributed by atoms with van der Waals surface area (Å²) in [5.41, 5.74) is 1.03. The Hall–Kier alpha value is -1.35. The van der Waals surface area contributed by atoms with Gasteiger partial charge in [-0.3, -0.25) is 4.79 Å². The minimum atomic E-state index is -0.0832. The maximum atomic E-state index is 12.0. The number of fused-ring (bicyclic) bond motifs is 2. The summed E-state index contributed by atoms with van der Waals surface area (Å²) in [6.07, 6.45) is 5.05. The molecule has 19 heavy (non-hydrogen) atoms. The van der Waals surface area contributed by atoms with Crippen molar-refractivity contribution in [3.05, 3.63) is 35.9 Å². The average Bonchev–Trinajstić information content (AvgIpc) is 2.63. The van der Waals surface area contributed by atoms with E-state index in [0.717, 1.165) is 18.4 Å². The van der Waals surface area contributed by atoms with Crippen molar-refractivity contribution in [2.75, 3.05) is 7.05 Å². The molecule has 0 N–H and O–H groups in total. The van der Waals surface area contributed by atoms with Gasteiger partial charge in [0, 0.05) is 12.1 Å². The van der Waals surface area contributed by atoms with E-state index in [4.69, 9.17) is 4.74 Å². The molecule has 1 aromatic carbocycles. The van der Waals surface area contributed by atoms with E-state index < -0.39 is 0 Å². The summed E-state index contributed by atoms with van der Waals surface area (Å²) in [7, 11) is 2.20. The first-order valence-corrected chi connectivity index (χ1v) is 7.17. The van der Waals surface area contributed by atoms with Gasteiger partial charge in [0.1, 0.15) is 6.10 Å². The van der Waals surface area contributed by atoms with E-state index in [1.165, 1.54) is 12.8 Å². The highest BCUT2D eigenvalue weighted by Crippen LogP contribution is 2.35. The summed E-state index contributed by atoms with van der Waals surface area (Å²) in [6, 6.07) is 11.1. The number of benzene rings is 1. The first-order chi connectivity index (χ1) is 9.22. The van der Waals surface area contributed by atoms with Crippen molar-refractivity contribution in [3.8, 4) is 0 Å². The molecule has 102 valence electrons. The zero-order valence-corrected chi connectivity index (χ0v) is 11.4. The monoisotopic (exact) mass is 259 g/mol. The lowest BCUT2D eigenvalue weighted by Crippen LogP contribution is -2.43. The topological polar surface area (TPSA) is 29.5 Å². The highest BCUT2D eigenvalue weighted by Gasteiger charge is 2.39. The predicted octanol–water partition coefficient (Wildman–Crippen LogP) is 2.40. The molecule has 2 heterocycles. The summed E-state index contributed by atoms with van der Waals surface area (Å²) in [4.78, 5) is 14.4. The van der Waals surface area contributed by atoms with Crippen molar-refractivity contribution in [2.45, 2.75) is 50.3 Å². The molecule has 0 radical (unpaired) electrons. The van der Waals surface area contributed by atoms with Crippen molar-refractivity contribution < 1.29 is 9.53 Å². The van der Waals surface area contributed by atoms with Crippen molar-refractivity contribution in [1.82, 2.24) is 4.90 Å². The molecule has 0 amide bonds. The Morgan fingerprint density at radius 3 is 2.47 bits per heavy atom. The van der Waals surface area contributed by atoms with E-state index in [9.17, 15) is 4.79 Å². The van der Waals surface area contributed by atoms with E-state index in [-0.39, 0.29) is 12.1 Å². The molecule has 2 bridgehead atoms. The second kappa shape index (κ2) is 5.33. The summed E-state index contributed by atoms with van der Waals surface area (Å²) in [6.45, 7) is 0. The van der Waals surface area contributed by atoms with Gasteiger partial charge in [-0.25, -0.2) is 0 Å². The molecule has 0 spiro atoms. The number of carbonyl (C=O) groups is 1. The normalized spacial score (nSPS) is 30.3. The lowest BCUT2D eigenvalue weighted by molar-refractivity contribution is -0.151. The van der Waals surface area contributed by atoms with Gasteiger partial charge in [0.15, 0.2) is 0 Å². The zero-order chi connectivity index (χ0) is 13.2. The molecule has 2 saturated heterocycles. The molecule has 0 aromatic heterocycles. The van der Waals surface area contributed by atoms with Gasteiger partial charge in [0.25, 0.3) is 0 Å². The van der Waals surface area contributed by atoms with Crippen LogP contribution < -0.4 is 0 Å². The van der Waals surface area contributed by atoms with Crippen LogP contribution in [0.25, 0.3) is 0 Å². The van der Waals surface area contributed by atoms with Crippen LogP contribution in [0.5, 0.6) is 0 Å². The van der Waals surface area contributed by atoms with Crippen LogP contribution in [0.3, 0.4) is 0 Å². The molecule has 3 nitrogen and oxygen atoms in total. The molecule has 2 atom stereocenters. The Kier molecular flexibility index (Phi) is 3.56. The molecule has 2 aliphatic rings. The van der Waals surface area contributed by atoms with Crippen LogP contribution in [0.2, 0.25) is 0 Å². The number of esters is 1. The van der Waals surface area contributed by atoms with Crippen LogP contribution in [0.1, 0.15) is 31.2 Å². The Morgan fingerprint density at radius 2 is 1.84 bits per heavy atom. The summed E-state index contributed by atoms with van der Waals surface area (Å²) < 4.78 is 5.66. The maximum Gasteiger partial charge on any atom is 0.310 e. The third kappa shape index (κ3) is 2.81. The second-order valence-corrected chi connectivity index (χ2v) is 5.80. The van der Waals surface area contributed by atoms with Gasteiger partial charge in [-0.1, -0.05) is 30.3 Å². The number of rotatable bonds is 3. The van der Waals surface area contributed by atoms with Crippen LogP contribution in [0.4, 0.5) is 0 Å². The molecule has 2 aliphatic heterocycles. The van der Waals surface area contributed by atoms with Gasteiger partial charge in [-0.15, -0.1) is 0 Å². The van der Waals surface area contributed by atoms with Crippen LogP contribution in [-0.4, -0.2) is 36.1 Å². The van der Waals surface area contributed by atoms with Gasteiger partial charge in [0.05, 0.1) is 6.42 Å². The van der Waals surface area contributed by atoms with Crippen molar-refractivity contribution in [2.24, 2.45) is 0 Å². The van der Waals surface area contributed by atoms with Crippen LogP contribution in [-0.2, 0) is 16.0 Å². The average molecular weight is 259 g/mol. The third-order valence-corrected chi connectivity index (χ3v) is 4.54. The smallest absolute Gasteiger partial charge is 0.310 e. The Labute approximate surface area is 114 Å². The fraction of sp³-hybridized carbons (Fsp3) is 0.562. The standard InChI is InChI=1S/C16H21NO2/c1-17-13-7-8-14(17)11-15(10-13)19-16(18)9-12-5-3-2-4-6-12/h2-6,13-15H,7-11H2,1H3/t13-,14-/m1/s1. The highest BCUT2D eigenvalue weighted by atomic mass is 16.5. The van der Waals surface area contributed by atoms with E-state index >= 15 is 0 Å². The lowest BCUT2D eigenvalue weighted by Gasteiger charge is -2.35. The maximum absolute atomic E-state index is 12.0. The van der Waals surface area contributed by atoms with E-state index in [1.54, 1.807) is 0 Å². The van der Waals surface area contributed by atoms with Crippen molar-refractivity contribution in [1.29, 1.82) is 0 Å². The first kappa shape index (κ1) is 12.7. The summed E-state index contributed by atoms with van der Waals surface area (Å²) in [5.74, 6) is -0.0832. The number of ether oxygens (including phenoxy) is 1. The Bertz CT molecular complexity index is 431. The third-order valence-electron chi connectivity index (χ3n) is 4.54. The Balaban J connectivity index is 1.53. The molecule has 3 heteroatoms. The molecular weight excluding hydrogens is 238 g/mol. The molecule has 0 unspecified atom stereocenters. The van der Waals surface area contributed by atoms with Crippen molar-refractivity contribution >= 4 is 5.97 Å². The first-order valence-electron chi connectivity index (χ1n) is 7.17. The fourth-order valence-electron chi connectivity index (χ4n) is 3.45. The van der Waals surface area contributed by atoms with Crippen molar-refractivity contribution in [3.63, 3.8) is 0 Å². The van der Waals surface area contributed by atoms with Crippen LogP contribution >= 0.6 is 0 Å². The molecule has 0 aliphatic carbocycles. The fourth-order valence-corrected chi connectivity index (χ4v) is 3.45. The largest absolute Gasteiger partial charge is 0.462 e. The zero-order valence-electron chi connectivity index (χ0n) is 11.4. The van der Waals surface area contributed by atoms with Gasteiger partial charge in [0.2, 0.25) is 0 Å². The van der Waals surface area contributed by atoms with E-state index in [1.807, 2.05) is 30.3 Å². The van der Waals surface area contributed by atoms with Crippen LogP contribution in [0, 0.1) is 0 Å². The molecule has 2 fully saturated rings. The predicted molar refractivity (Wildman–Crippen MR) is 73.8 cm³/mol. The van der Waals surface area contributed by atoms with Gasteiger partial charge < -0.3 is 9.64 Å². The highest BCUT2D eigenvalue weighted by molar-refractivity contribution is 5.72. The SMILES string of the molecule is CN1[C@@H]2CC[C@@H]1CC(OC(=O)Cc1ccccc1)C2. The minimum Gasteiger partial charge on any atom is -0.462 e. The minimum absolute atomic E-state index is 0.0832. The number of hydrogen-bond acceptors (Lipinski definition) is 3. The molecule has 3 rings (SSSR count). The number of carbonyl (C=O) groups excluding carboxylic acids is 1. The lowest BCUT2D eigenvalue weighted by atomic mass is 10.0. The van der Waals surface area contributed by atoms with Gasteiger partial charge in [-0.2, -0.15) is 0 Å². The van der Waals surface area contributed by atoms with E-state index in [0.29, 0.717) is 18.5 Å². The molecule has 0 saturated carbocycles.